The summed E-state index contributed by atoms with van der Waals surface area (Å²) in [5, 5.41) is -1.20. The topological polar surface area (TPSA) is 12.0 Å². The Kier molecular flexibility index (Phi) is 9.39. The molecule has 0 aliphatic heterocycles. The van der Waals surface area contributed by atoms with Gasteiger partial charge in [-0.2, -0.15) is 84.3 Å². The third-order valence-electron chi connectivity index (χ3n) is 2.79. The lowest BCUT2D eigenvalue weighted by Crippen LogP contribution is -2.69. The quantitative estimate of drug-likeness (QED) is 0.265. The molecule has 0 bridgehead atoms. The number of nitrogens with one attached hydrogen (secondary N) is 1. The molecule has 0 saturated heterocycles. The second kappa shape index (κ2) is 9.23. The molecule has 0 aromatic heterocycles. The van der Waals surface area contributed by atoms with Crippen molar-refractivity contribution in [3.05, 3.63) is 0 Å². The highest BCUT2D eigenvalue weighted by Crippen LogP contribution is 2.53. The molecule has 0 saturated carbocycles. The van der Waals surface area contributed by atoms with Gasteiger partial charge >= 0.3 is 61.0 Å². The Labute approximate surface area is 164 Å². The lowest BCUT2D eigenvalue weighted by atomic mass is 10.1. The van der Waals surface area contributed by atoms with Crippen LogP contribution in [0.25, 0.3) is 0 Å². The van der Waals surface area contributed by atoms with Crippen LogP contribution in [0.3, 0.4) is 0 Å². The minimum Gasteiger partial charge on any atom is -0.203 e. The van der Waals surface area contributed by atoms with Crippen molar-refractivity contribution >= 4 is 0 Å². The van der Waals surface area contributed by atoms with Crippen molar-refractivity contribution in [1.82, 2.24) is 5.32 Å². The van der Waals surface area contributed by atoms with Gasteiger partial charge in [-0.25, -0.2) is 17.6 Å². The molecule has 0 fully saturated rings. The Morgan fingerprint density at radius 1 is 0.394 bits per heavy atom. The maximum absolute atomic E-state index is 12.4. The number of hydrogen-bond acceptors (Lipinski definition) is 1. The average Bonchev–Trinajstić information content (AvgIpc) is 2.51. The van der Waals surface area contributed by atoms with Crippen molar-refractivity contribution in [2.45, 2.75) is 61.0 Å². The molecular weight excluding hydrogens is 552 g/mol. The number of halogens is 22. The Morgan fingerprint density at radius 2 is 0.697 bits per heavy atom. The zero-order valence-electron chi connectivity index (χ0n) is 14.0. The minimum absolute atomic E-state index is 1.20. The van der Waals surface area contributed by atoms with Crippen molar-refractivity contribution in [1.29, 1.82) is 0 Å². The summed E-state index contributed by atoms with van der Waals surface area (Å²) in [5.41, 5.74) is 0. The molecule has 23 heteroatoms. The van der Waals surface area contributed by atoms with E-state index in [-0.39, 0.29) is 0 Å². The van der Waals surface area contributed by atoms with Crippen molar-refractivity contribution in [2.24, 2.45) is 0 Å². The number of hydrogen-bond donors (Lipinski definition) is 1. The Bertz CT molecular complexity index is 624. The van der Waals surface area contributed by atoms with Crippen LogP contribution in [-0.4, -0.2) is 61.0 Å². The molecule has 0 heterocycles. The van der Waals surface area contributed by atoms with Crippen LogP contribution in [0.1, 0.15) is 0 Å². The highest BCUT2D eigenvalue weighted by molar-refractivity contribution is 5.00. The fourth-order valence-electron chi connectivity index (χ4n) is 1.04. The second-order valence-electron chi connectivity index (χ2n) is 5.27. The molecule has 0 unspecified atom stereocenters. The van der Waals surface area contributed by atoms with E-state index in [0.717, 1.165) is 0 Å². The van der Waals surface area contributed by atoms with Gasteiger partial charge in [0.2, 0.25) is 0 Å². The summed E-state index contributed by atoms with van der Waals surface area (Å²) < 4.78 is 258. The fourth-order valence-corrected chi connectivity index (χ4v) is 1.04. The van der Waals surface area contributed by atoms with Gasteiger partial charge in [-0.05, 0) is 0 Å². The molecule has 1 nitrogen and oxygen atoms in total. The highest BCUT2D eigenvalue weighted by atomic mass is 19.4. The van der Waals surface area contributed by atoms with Crippen molar-refractivity contribution in [3.63, 3.8) is 0 Å². The summed E-state index contributed by atoms with van der Waals surface area (Å²) in [5.74, 6) is -28.0. The molecular formula is C10H3F22N. The number of rotatable bonds is 7. The SMILES string of the molecule is FC(F)C(F)(F)C(F)(F)C(F)(F)F.FC(F)C(F)(F)NC(F)(F)C(F)(F)C(F)(F)C(F)(F)F. The summed E-state index contributed by atoms with van der Waals surface area (Å²) in [6.45, 7) is 0. The zero-order valence-corrected chi connectivity index (χ0v) is 14.0. The molecule has 0 aromatic carbocycles. The van der Waals surface area contributed by atoms with Crippen LogP contribution in [-0.2, 0) is 0 Å². The maximum atomic E-state index is 12.4. The smallest absolute Gasteiger partial charge is 0.203 e. The van der Waals surface area contributed by atoms with Crippen LogP contribution in [0.2, 0.25) is 0 Å². The second-order valence-corrected chi connectivity index (χ2v) is 5.27. The molecule has 0 aliphatic rings. The van der Waals surface area contributed by atoms with Gasteiger partial charge in [0.25, 0.3) is 0 Å². The Hall–Kier alpha value is -1.58. The first kappa shape index (κ1) is 33.6. The van der Waals surface area contributed by atoms with Gasteiger partial charge in [0.15, 0.2) is 0 Å². The van der Waals surface area contributed by atoms with Crippen molar-refractivity contribution in [3.8, 4) is 0 Å². The van der Waals surface area contributed by atoms with Crippen LogP contribution in [0.15, 0.2) is 0 Å². The molecule has 0 rings (SSSR count). The van der Waals surface area contributed by atoms with Crippen molar-refractivity contribution < 1.29 is 96.6 Å². The highest BCUT2D eigenvalue weighted by Gasteiger charge is 2.83. The van der Waals surface area contributed by atoms with E-state index in [9.17, 15) is 96.6 Å². The van der Waals surface area contributed by atoms with E-state index in [1.807, 2.05) is 0 Å². The zero-order chi connectivity index (χ0) is 27.9. The predicted molar refractivity (Wildman–Crippen MR) is 56.9 cm³/mol. The van der Waals surface area contributed by atoms with E-state index in [1.54, 1.807) is 0 Å². The molecule has 0 spiro atoms. The molecule has 202 valence electrons. The minimum atomic E-state index is -7.45. The molecule has 0 aromatic rings. The fraction of sp³-hybridized carbons (Fsp3) is 1.00. The van der Waals surface area contributed by atoms with Gasteiger partial charge in [0, 0.05) is 0 Å². The van der Waals surface area contributed by atoms with Crippen molar-refractivity contribution in [2.75, 3.05) is 0 Å². The summed E-state index contributed by atoms with van der Waals surface area (Å²) in [6, 6.07) is -13.1. The average molecular weight is 555 g/mol. The predicted octanol–water partition coefficient (Wildman–Crippen LogP) is 6.94. The van der Waals surface area contributed by atoms with Crippen LogP contribution in [0, 0.1) is 0 Å². The van der Waals surface area contributed by atoms with Crippen LogP contribution in [0.4, 0.5) is 96.6 Å². The van der Waals surface area contributed by atoms with Gasteiger partial charge in [-0.1, -0.05) is 0 Å². The monoisotopic (exact) mass is 555 g/mol. The third kappa shape index (κ3) is 6.51. The van der Waals surface area contributed by atoms with E-state index in [0.29, 0.717) is 0 Å². The first-order valence-corrected chi connectivity index (χ1v) is 6.60. The first-order valence-electron chi connectivity index (χ1n) is 6.60. The summed E-state index contributed by atoms with van der Waals surface area (Å²) in [6.07, 6.45) is -24.1. The van der Waals surface area contributed by atoms with Gasteiger partial charge < -0.3 is 0 Å². The number of alkyl halides is 22. The van der Waals surface area contributed by atoms with E-state index in [4.69, 9.17) is 0 Å². The van der Waals surface area contributed by atoms with E-state index in [1.165, 1.54) is 0 Å². The summed E-state index contributed by atoms with van der Waals surface area (Å²) >= 11 is 0. The van der Waals surface area contributed by atoms with Crippen LogP contribution < -0.4 is 5.32 Å². The standard InChI is InChI=1S/C6H2F13N.C4HF9/c7-1(8)2(9,10)20-6(18,19)4(13,14)3(11,12)5(15,16)17;5-1(6)2(7,8)3(9,10)4(11,12)13/h1,20H;1H. The Morgan fingerprint density at radius 3 is 0.879 bits per heavy atom. The summed E-state index contributed by atoms with van der Waals surface area (Å²) in [7, 11) is 0. The normalized spacial score (nSPS) is 15.6. The summed E-state index contributed by atoms with van der Waals surface area (Å²) in [4.78, 5) is 0. The molecule has 1 N–H and O–H groups in total. The van der Waals surface area contributed by atoms with Crippen LogP contribution >= 0.6 is 0 Å². The van der Waals surface area contributed by atoms with Gasteiger partial charge in [-0.15, -0.1) is 0 Å². The van der Waals surface area contributed by atoms with E-state index < -0.39 is 66.3 Å². The largest absolute Gasteiger partial charge is 0.460 e. The molecule has 0 radical (unpaired) electrons. The lowest BCUT2D eigenvalue weighted by molar-refractivity contribution is -0.409. The Balaban J connectivity index is 0. The van der Waals surface area contributed by atoms with Gasteiger partial charge in [-0.3, -0.25) is 0 Å². The third-order valence-corrected chi connectivity index (χ3v) is 2.79. The van der Waals surface area contributed by atoms with Crippen LogP contribution in [0.5, 0.6) is 0 Å². The van der Waals surface area contributed by atoms with Gasteiger partial charge in [0.1, 0.15) is 0 Å². The molecule has 0 aliphatic carbocycles. The molecule has 0 amide bonds. The molecule has 33 heavy (non-hydrogen) atoms. The first-order chi connectivity index (χ1) is 13.8. The lowest BCUT2D eigenvalue weighted by Gasteiger charge is -2.35. The molecule has 0 atom stereocenters. The van der Waals surface area contributed by atoms with Gasteiger partial charge in [0.05, 0.1) is 0 Å². The van der Waals surface area contributed by atoms with E-state index in [2.05, 4.69) is 0 Å². The van der Waals surface area contributed by atoms with E-state index >= 15 is 0 Å². The maximum Gasteiger partial charge on any atom is 0.460 e.